The van der Waals surface area contributed by atoms with Crippen LogP contribution >= 0.6 is 22.9 Å². The van der Waals surface area contributed by atoms with Crippen LogP contribution < -0.4 is 10.9 Å². The third-order valence-corrected chi connectivity index (χ3v) is 4.43. The largest absolute Gasteiger partial charge is 0.340 e. The Labute approximate surface area is 147 Å². The number of amides is 1. The quantitative estimate of drug-likeness (QED) is 0.623. The highest BCUT2D eigenvalue weighted by Crippen LogP contribution is 2.19. The predicted molar refractivity (Wildman–Crippen MR) is 93.8 cm³/mol. The van der Waals surface area contributed by atoms with Crippen LogP contribution in [0, 0.1) is 0 Å². The molecule has 0 spiro atoms. The smallest absolute Gasteiger partial charge is 0.313 e. The van der Waals surface area contributed by atoms with Gasteiger partial charge in [0, 0.05) is 21.9 Å². The molecule has 0 unspecified atom stereocenters. The van der Waals surface area contributed by atoms with Crippen molar-refractivity contribution in [2.24, 2.45) is 0 Å². The first-order chi connectivity index (χ1) is 11.7. The molecule has 0 aliphatic rings. The normalized spacial score (nSPS) is 10.5. The number of carbonyl (C=O) groups excluding carboxylic acids is 1. The first-order valence-corrected chi connectivity index (χ1v) is 8.63. The van der Waals surface area contributed by atoms with Crippen molar-refractivity contribution in [3.63, 3.8) is 0 Å². The molecule has 124 valence electrons. The Hall–Kier alpha value is -2.38. The van der Waals surface area contributed by atoms with Gasteiger partial charge in [0.15, 0.2) is 0 Å². The number of aryl methyl sites for hydroxylation is 1. The summed E-state index contributed by atoms with van der Waals surface area (Å²) >= 11 is 7.54. The highest BCUT2D eigenvalue weighted by atomic mass is 35.5. The fourth-order valence-electron chi connectivity index (χ4n) is 2.05. The highest BCUT2D eigenvalue weighted by molar-refractivity contribution is 7.09. The molecule has 1 amide bonds. The maximum atomic E-state index is 11.8. The maximum absolute atomic E-state index is 11.8. The number of hydrazine groups is 1. The van der Waals surface area contributed by atoms with Crippen LogP contribution in [0.5, 0.6) is 0 Å². The van der Waals surface area contributed by atoms with Crippen molar-refractivity contribution in [1.29, 1.82) is 0 Å². The SMILES string of the molecule is O=C(CCCc1cccs1)NNc1nc(-c2ccc(Cl)cc2)no1. The van der Waals surface area contributed by atoms with Gasteiger partial charge in [-0.1, -0.05) is 22.8 Å². The summed E-state index contributed by atoms with van der Waals surface area (Å²) in [6, 6.07) is 11.3. The minimum Gasteiger partial charge on any atom is -0.313 e. The number of anilines is 1. The van der Waals surface area contributed by atoms with Gasteiger partial charge in [0.1, 0.15) is 0 Å². The summed E-state index contributed by atoms with van der Waals surface area (Å²) in [6.07, 6.45) is 2.10. The molecule has 0 atom stereocenters. The zero-order valence-corrected chi connectivity index (χ0v) is 14.2. The first kappa shape index (κ1) is 16.5. The molecule has 3 rings (SSSR count). The van der Waals surface area contributed by atoms with Crippen molar-refractivity contribution in [1.82, 2.24) is 15.6 Å². The number of thiophene rings is 1. The predicted octanol–water partition coefficient (Wildman–Crippen LogP) is 3.92. The Kier molecular flexibility index (Phi) is 5.45. The molecule has 0 bridgehead atoms. The fourth-order valence-corrected chi connectivity index (χ4v) is 2.93. The summed E-state index contributed by atoms with van der Waals surface area (Å²) in [5, 5.41) is 6.52. The molecule has 8 heteroatoms. The van der Waals surface area contributed by atoms with Gasteiger partial charge in [-0.2, -0.15) is 4.98 Å². The molecule has 0 aliphatic heterocycles. The zero-order chi connectivity index (χ0) is 16.8. The Morgan fingerprint density at radius 1 is 1.25 bits per heavy atom. The molecule has 2 N–H and O–H groups in total. The molecule has 2 aromatic heterocycles. The number of nitrogens with zero attached hydrogens (tertiary/aromatic N) is 2. The average molecular weight is 363 g/mol. The van der Waals surface area contributed by atoms with E-state index in [2.05, 4.69) is 27.1 Å². The van der Waals surface area contributed by atoms with E-state index >= 15 is 0 Å². The lowest BCUT2D eigenvalue weighted by atomic mass is 10.2. The topological polar surface area (TPSA) is 80.0 Å². The van der Waals surface area contributed by atoms with Crippen molar-refractivity contribution in [3.8, 4) is 11.4 Å². The Morgan fingerprint density at radius 2 is 2.08 bits per heavy atom. The number of nitrogens with one attached hydrogen (secondary N) is 2. The molecule has 0 aliphatic carbocycles. The molecule has 6 nitrogen and oxygen atoms in total. The van der Waals surface area contributed by atoms with Crippen LogP contribution in [0.15, 0.2) is 46.3 Å². The van der Waals surface area contributed by atoms with E-state index in [-0.39, 0.29) is 11.9 Å². The molecule has 2 heterocycles. The van der Waals surface area contributed by atoms with Gasteiger partial charge in [0.25, 0.3) is 0 Å². The summed E-state index contributed by atoms with van der Waals surface area (Å²) in [5.74, 6) is 0.291. The molecular formula is C16H15ClN4O2S. The minimum absolute atomic E-state index is 0.127. The summed E-state index contributed by atoms with van der Waals surface area (Å²) in [5.41, 5.74) is 5.95. The molecule has 1 aromatic carbocycles. The van der Waals surface area contributed by atoms with Crippen molar-refractivity contribution >= 4 is 34.9 Å². The van der Waals surface area contributed by atoms with Gasteiger partial charge >= 0.3 is 6.01 Å². The number of rotatable bonds is 7. The van der Waals surface area contributed by atoms with E-state index in [1.165, 1.54) is 4.88 Å². The van der Waals surface area contributed by atoms with E-state index < -0.39 is 0 Å². The number of benzene rings is 1. The molecule has 0 saturated heterocycles. The van der Waals surface area contributed by atoms with Gasteiger partial charge in [-0.3, -0.25) is 10.2 Å². The third-order valence-electron chi connectivity index (χ3n) is 3.24. The van der Waals surface area contributed by atoms with Crippen LogP contribution in [-0.4, -0.2) is 16.0 Å². The lowest BCUT2D eigenvalue weighted by molar-refractivity contribution is -0.120. The molecule has 24 heavy (non-hydrogen) atoms. The number of carbonyl (C=O) groups is 1. The van der Waals surface area contributed by atoms with Gasteiger partial charge < -0.3 is 4.52 Å². The van der Waals surface area contributed by atoms with Crippen LogP contribution in [0.2, 0.25) is 5.02 Å². The van der Waals surface area contributed by atoms with Gasteiger partial charge in [-0.25, -0.2) is 5.43 Å². The van der Waals surface area contributed by atoms with E-state index in [4.69, 9.17) is 16.1 Å². The lowest BCUT2D eigenvalue weighted by Gasteiger charge is -2.03. The Morgan fingerprint density at radius 3 is 2.83 bits per heavy atom. The number of aromatic nitrogens is 2. The molecule has 0 saturated carbocycles. The lowest BCUT2D eigenvalue weighted by Crippen LogP contribution is -2.29. The van der Waals surface area contributed by atoms with Crippen LogP contribution in [0.1, 0.15) is 17.7 Å². The van der Waals surface area contributed by atoms with Gasteiger partial charge in [0.2, 0.25) is 11.7 Å². The van der Waals surface area contributed by atoms with Crippen molar-refractivity contribution in [2.45, 2.75) is 19.3 Å². The third kappa shape index (κ3) is 4.56. The van der Waals surface area contributed by atoms with Gasteiger partial charge in [0.05, 0.1) is 0 Å². The Bertz CT molecular complexity index is 787. The van der Waals surface area contributed by atoms with E-state index in [1.807, 2.05) is 11.4 Å². The highest BCUT2D eigenvalue weighted by Gasteiger charge is 2.09. The van der Waals surface area contributed by atoms with Gasteiger partial charge in [-0.05, 0) is 48.6 Å². The minimum atomic E-state index is -0.127. The van der Waals surface area contributed by atoms with E-state index in [1.54, 1.807) is 35.6 Å². The standard InChI is InChI=1S/C16H15ClN4O2S/c17-12-8-6-11(7-9-12)15-18-16(23-21-15)20-19-14(22)5-1-3-13-4-2-10-24-13/h2,4,6-10H,1,3,5H2,(H,19,22)(H,18,20,21). The second-order valence-corrected chi connectivity index (χ2v) is 6.50. The second kappa shape index (κ2) is 7.94. The first-order valence-electron chi connectivity index (χ1n) is 7.37. The summed E-state index contributed by atoms with van der Waals surface area (Å²) in [7, 11) is 0. The van der Waals surface area contributed by atoms with Crippen molar-refractivity contribution in [3.05, 3.63) is 51.7 Å². The fraction of sp³-hybridized carbons (Fsp3) is 0.188. The summed E-state index contributed by atoms with van der Waals surface area (Å²) < 4.78 is 5.04. The van der Waals surface area contributed by atoms with E-state index in [9.17, 15) is 4.79 Å². The maximum Gasteiger partial charge on any atom is 0.340 e. The summed E-state index contributed by atoms with van der Waals surface area (Å²) in [4.78, 5) is 17.2. The molecule has 0 fully saturated rings. The van der Waals surface area contributed by atoms with Crippen molar-refractivity contribution < 1.29 is 9.32 Å². The average Bonchev–Trinajstić information content (AvgIpc) is 3.25. The van der Waals surface area contributed by atoms with Gasteiger partial charge in [-0.15, -0.1) is 11.3 Å². The van der Waals surface area contributed by atoms with E-state index in [0.717, 1.165) is 18.4 Å². The molecule has 3 aromatic rings. The zero-order valence-electron chi connectivity index (χ0n) is 12.7. The van der Waals surface area contributed by atoms with Crippen LogP contribution in [0.25, 0.3) is 11.4 Å². The van der Waals surface area contributed by atoms with E-state index in [0.29, 0.717) is 17.3 Å². The molecular weight excluding hydrogens is 348 g/mol. The van der Waals surface area contributed by atoms with Crippen LogP contribution in [0.3, 0.4) is 0 Å². The Balaban J connectivity index is 1.44. The monoisotopic (exact) mass is 362 g/mol. The molecule has 0 radical (unpaired) electrons. The van der Waals surface area contributed by atoms with Crippen LogP contribution in [0.4, 0.5) is 6.01 Å². The number of hydrogen-bond acceptors (Lipinski definition) is 6. The summed E-state index contributed by atoms with van der Waals surface area (Å²) in [6.45, 7) is 0. The second-order valence-electron chi connectivity index (χ2n) is 5.04. The van der Waals surface area contributed by atoms with Crippen molar-refractivity contribution in [2.75, 3.05) is 5.43 Å². The number of halogens is 1. The van der Waals surface area contributed by atoms with Crippen LogP contribution in [-0.2, 0) is 11.2 Å². The number of hydrogen-bond donors (Lipinski definition) is 2.